The molecule has 1 N–H and O–H groups in total. The van der Waals surface area contributed by atoms with Crippen molar-refractivity contribution >= 4 is 5.91 Å². The van der Waals surface area contributed by atoms with E-state index in [0.29, 0.717) is 25.0 Å². The van der Waals surface area contributed by atoms with Crippen LogP contribution in [0.5, 0.6) is 0 Å². The molecule has 11 heteroatoms. The Bertz CT molecular complexity index is 1100. The first-order valence-corrected chi connectivity index (χ1v) is 13.2. The van der Waals surface area contributed by atoms with Crippen LogP contribution in [0.25, 0.3) is 0 Å². The van der Waals surface area contributed by atoms with Crippen molar-refractivity contribution < 1.29 is 35.5 Å². The normalized spacial score (nSPS) is 20.0. The number of nitrogens with one attached hydrogen (secondary N) is 1. The van der Waals surface area contributed by atoms with Gasteiger partial charge in [0.1, 0.15) is 5.82 Å². The van der Waals surface area contributed by atoms with Crippen LogP contribution < -0.4 is 5.32 Å². The molecule has 4 rings (SSSR count). The predicted octanol–water partition coefficient (Wildman–Crippen LogP) is 6.19. The van der Waals surface area contributed by atoms with Gasteiger partial charge in [0.05, 0.1) is 11.1 Å². The fraction of sp³-hybridized carbons (Fsp3) is 0.536. The number of nitrogens with zero attached hydrogens (tertiary/aromatic N) is 2. The van der Waals surface area contributed by atoms with Crippen LogP contribution in [0, 0.1) is 5.82 Å². The molecule has 1 atom stereocenters. The Morgan fingerprint density at radius 2 is 1.31 bits per heavy atom. The van der Waals surface area contributed by atoms with Gasteiger partial charge in [-0.25, -0.2) is 4.39 Å². The van der Waals surface area contributed by atoms with Gasteiger partial charge in [-0.1, -0.05) is 18.6 Å². The van der Waals surface area contributed by atoms with E-state index in [9.17, 15) is 35.5 Å². The van der Waals surface area contributed by atoms with E-state index in [1.54, 1.807) is 11.8 Å². The Hall–Kier alpha value is -2.66. The Labute approximate surface area is 223 Å². The molecule has 0 aliphatic carbocycles. The Morgan fingerprint density at radius 1 is 0.795 bits per heavy atom. The minimum Gasteiger partial charge on any atom is -0.354 e. The number of carbonyl (C=O) groups is 1. The van der Waals surface area contributed by atoms with Gasteiger partial charge in [-0.2, -0.15) is 26.3 Å². The smallest absolute Gasteiger partial charge is 0.354 e. The highest BCUT2D eigenvalue weighted by atomic mass is 19.4. The first-order valence-electron chi connectivity index (χ1n) is 13.2. The number of piperidine rings is 2. The van der Waals surface area contributed by atoms with Crippen LogP contribution in [0.4, 0.5) is 30.7 Å². The molecule has 0 bridgehead atoms. The minimum absolute atomic E-state index is 0.0548. The molecular formula is C28H32F7N3O. The molecule has 2 aromatic rings. The number of carbonyl (C=O) groups excluding carboxylic acids is 1. The van der Waals surface area contributed by atoms with Crippen LogP contribution in [0.1, 0.15) is 61.3 Å². The lowest BCUT2D eigenvalue weighted by Gasteiger charge is -2.48. The summed E-state index contributed by atoms with van der Waals surface area (Å²) < 4.78 is 97.3. The molecule has 2 aliphatic heterocycles. The second kappa shape index (κ2) is 11.4. The summed E-state index contributed by atoms with van der Waals surface area (Å²) in [5, 5.41) is 2.64. The molecule has 0 radical (unpaired) electrons. The van der Waals surface area contributed by atoms with Gasteiger partial charge >= 0.3 is 12.4 Å². The maximum atomic E-state index is 13.9. The summed E-state index contributed by atoms with van der Waals surface area (Å²) >= 11 is 0. The van der Waals surface area contributed by atoms with Crippen molar-refractivity contribution in [1.82, 2.24) is 15.1 Å². The average molecular weight is 560 g/mol. The van der Waals surface area contributed by atoms with Crippen molar-refractivity contribution in [1.29, 1.82) is 0 Å². The van der Waals surface area contributed by atoms with Gasteiger partial charge in [0, 0.05) is 25.7 Å². The van der Waals surface area contributed by atoms with Crippen LogP contribution in [0.15, 0.2) is 42.5 Å². The monoisotopic (exact) mass is 559 g/mol. The van der Waals surface area contributed by atoms with Crippen molar-refractivity contribution in [3.8, 4) is 0 Å². The molecule has 0 aromatic heterocycles. The van der Waals surface area contributed by atoms with E-state index < -0.39 is 46.3 Å². The highest BCUT2D eigenvalue weighted by Crippen LogP contribution is 2.44. The molecule has 4 nitrogen and oxygen atoms in total. The zero-order valence-electron chi connectivity index (χ0n) is 21.6. The van der Waals surface area contributed by atoms with Gasteiger partial charge < -0.3 is 10.2 Å². The van der Waals surface area contributed by atoms with Gasteiger partial charge in [-0.3, -0.25) is 9.69 Å². The maximum Gasteiger partial charge on any atom is 0.416 e. The van der Waals surface area contributed by atoms with Crippen LogP contribution in [0.2, 0.25) is 0 Å². The number of alkyl halides is 6. The molecule has 2 aliphatic rings. The predicted molar refractivity (Wildman–Crippen MR) is 132 cm³/mol. The number of rotatable bonds is 6. The lowest BCUT2D eigenvalue weighted by atomic mass is 9.77. The first-order chi connectivity index (χ1) is 18.4. The quantitative estimate of drug-likeness (QED) is 0.429. The number of halogens is 7. The highest BCUT2D eigenvalue weighted by molar-refractivity contribution is 5.92. The topological polar surface area (TPSA) is 35.6 Å². The molecule has 2 heterocycles. The van der Waals surface area contributed by atoms with E-state index in [4.69, 9.17) is 0 Å². The third-order valence-corrected chi connectivity index (χ3v) is 7.78. The molecule has 1 unspecified atom stereocenters. The number of likely N-dealkylation sites (N-methyl/N-ethyl adjacent to an activating group) is 1. The molecule has 2 fully saturated rings. The Morgan fingerprint density at radius 3 is 1.79 bits per heavy atom. The third kappa shape index (κ3) is 6.09. The summed E-state index contributed by atoms with van der Waals surface area (Å²) in [6.45, 7) is 4.10. The maximum absolute atomic E-state index is 13.9. The zero-order chi connectivity index (χ0) is 28.4. The van der Waals surface area contributed by atoms with Gasteiger partial charge in [-0.05, 0) is 87.2 Å². The minimum atomic E-state index is -5.09. The molecule has 214 valence electrons. The van der Waals surface area contributed by atoms with Gasteiger partial charge in [0.15, 0.2) is 5.54 Å². The molecule has 2 aromatic carbocycles. The fourth-order valence-electron chi connectivity index (χ4n) is 5.93. The molecular weight excluding hydrogens is 527 g/mol. The first kappa shape index (κ1) is 29.3. The summed E-state index contributed by atoms with van der Waals surface area (Å²) in [7, 11) is 0. The van der Waals surface area contributed by atoms with Gasteiger partial charge in [0.2, 0.25) is 5.91 Å². The van der Waals surface area contributed by atoms with Crippen molar-refractivity contribution in [2.75, 3.05) is 32.7 Å². The molecule has 2 saturated heterocycles. The molecule has 0 saturated carbocycles. The summed E-state index contributed by atoms with van der Waals surface area (Å²) in [5.41, 5.74) is -5.42. The van der Waals surface area contributed by atoms with E-state index in [1.807, 2.05) is 0 Å². The standard InChI is InChI=1S/C28H32F7N3O/c1-2-36-25(39)26(19-6-8-23(29)9-7-19,38-14-10-24(11-15-38)37-12-4-3-5-13-37)20-16-21(27(30,31)32)18-22(17-20)28(33,34)35/h6-9,16-18,24H,2-5,10-15H2,1H3,(H,36,39). The zero-order valence-corrected chi connectivity index (χ0v) is 21.6. The number of likely N-dealkylation sites (tertiary alicyclic amines) is 2. The van der Waals surface area contributed by atoms with Gasteiger partial charge in [0.25, 0.3) is 0 Å². The molecule has 39 heavy (non-hydrogen) atoms. The van der Waals surface area contributed by atoms with Crippen molar-refractivity contribution in [2.45, 2.75) is 63.0 Å². The fourth-order valence-corrected chi connectivity index (χ4v) is 5.93. The lowest BCUT2D eigenvalue weighted by molar-refractivity contribution is -0.144. The second-order valence-electron chi connectivity index (χ2n) is 10.2. The van der Waals surface area contributed by atoms with Crippen LogP contribution >= 0.6 is 0 Å². The van der Waals surface area contributed by atoms with E-state index in [1.165, 1.54) is 12.1 Å². The second-order valence-corrected chi connectivity index (χ2v) is 10.2. The largest absolute Gasteiger partial charge is 0.416 e. The third-order valence-electron chi connectivity index (χ3n) is 7.78. The van der Waals surface area contributed by atoms with Crippen LogP contribution in [0.3, 0.4) is 0 Å². The van der Waals surface area contributed by atoms with E-state index in [-0.39, 0.29) is 37.3 Å². The SMILES string of the molecule is CCNC(=O)C(c1ccc(F)cc1)(c1cc(C(F)(F)F)cc(C(F)(F)F)c1)N1CCC(N2CCCCC2)CC1. The number of benzene rings is 2. The van der Waals surface area contributed by atoms with Crippen LogP contribution in [-0.4, -0.2) is 54.5 Å². The Kier molecular flexibility index (Phi) is 8.61. The number of amides is 1. The van der Waals surface area contributed by atoms with Crippen molar-refractivity contribution in [3.05, 3.63) is 70.5 Å². The van der Waals surface area contributed by atoms with Crippen molar-refractivity contribution in [2.24, 2.45) is 0 Å². The van der Waals surface area contributed by atoms with E-state index in [0.717, 1.165) is 44.5 Å². The lowest BCUT2D eigenvalue weighted by Crippen LogP contribution is -2.60. The summed E-state index contributed by atoms with van der Waals surface area (Å²) in [6, 6.07) is 6.12. The Balaban J connectivity index is 1.90. The number of hydrogen-bond donors (Lipinski definition) is 1. The van der Waals surface area contributed by atoms with Crippen LogP contribution in [-0.2, 0) is 22.7 Å². The average Bonchev–Trinajstić information content (AvgIpc) is 2.90. The summed E-state index contributed by atoms with van der Waals surface area (Å²) in [6.07, 6.45) is -5.70. The summed E-state index contributed by atoms with van der Waals surface area (Å²) in [5.74, 6) is -1.41. The number of hydrogen-bond acceptors (Lipinski definition) is 3. The van der Waals surface area contributed by atoms with E-state index in [2.05, 4.69) is 10.2 Å². The molecule has 0 spiro atoms. The van der Waals surface area contributed by atoms with E-state index >= 15 is 0 Å². The van der Waals surface area contributed by atoms with Crippen molar-refractivity contribution in [3.63, 3.8) is 0 Å². The molecule has 1 amide bonds. The highest BCUT2D eigenvalue weighted by Gasteiger charge is 2.50. The summed E-state index contributed by atoms with van der Waals surface area (Å²) in [4.78, 5) is 18.0. The van der Waals surface area contributed by atoms with Gasteiger partial charge in [-0.15, -0.1) is 0 Å².